The van der Waals surface area contributed by atoms with Crippen LogP contribution >= 0.6 is 0 Å². The summed E-state index contributed by atoms with van der Waals surface area (Å²) in [6, 6.07) is 6.05. The van der Waals surface area contributed by atoms with E-state index in [1.54, 1.807) is 0 Å². The van der Waals surface area contributed by atoms with E-state index in [0.29, 0.717) is 19.3 Å². The minimum absolute atomic E-state index is 0.371. The molecule has 3 nitrogen and oxygen atoms in total. The minimum atomic E-state index is -0.820. The van der Waals surface area contributed by atoms with E-state index in [1.165, 1.54) is 0 Å². The first-order chi connectivity index (χ1) is 7.91. The molecule has 3 heteroatoms. The number of aliphatic hydroxyl groups is 1. The average molecular weight is 234 g/mol. The van der Waals surface area contributed by atoms with Crippen molar-refractivity contribution in [3.63, 3.8) is 0 Å². The van der Waals surface area contributed by atoms with Crippen LogP contribution in [0.3, 0.4) is 0 Å². The number of aliphatic carboxylic acids is 1. The first kappa shape index (κ1) is 12.1. The van der Waals surface area contributed by atoms with Gasteiger partial charge < -0.3 is 10.2 Å². The number of carboxylic acids is 1. The normalized spacial score (nSPS) is 27.6. The molecular formula is C14H18O3. The third kappa shape index (κ3) is 2.34. The van der Waals surface area contributed by atoms with E-state index in [4.69, 9.17) is 5.11 Å². The number of benzene rings is 1. The van der Waals surface area contributed by atoms with Crippen LogP contribution in [-0.4, -0.2) is 21.8 Å². The summed E-state index contributed by atoms with van der Waals surface area (Å²) in [5, 5.41) is 19.1. The fourth-order valence-electron chi connectivity index (χ4n) is 2.63. The molecule has 17 heavy (non-hydrogen) atoms. The molecule has 1 aliphatic carbocycles. The second kappa shape index (κ2) is 4.15. The van der Waals surface area contributed by atoms with E-state index in [2.05, 4.69) is 0 Å². The van der Waals surface area contributed by atoms with Gasteiger partial charge in [-0.1, -0.05) is 18.2 Å². The van der Waals surface area contributed by atoms with E-state index in [0.717, 1.165) is 16.7 Å². The standard InChI is InChI=1S/C14H18O3/c1-9-4-3-5-10(2)12(9)8-14(17)6-11(7-14)13(15)16/h3-5,11,17H,6-8H2,1-2H3,(H,15,16). The lowest BCUT2D eigenvalue weighted by atomic mass is 9.67. The largest absolute Gasteiger partial charge is 0.481 e. The van der Waals surface area contributed by atoms with Crippen LogP contribution in [0.1, 0.15) is 29.5 Å². The predicted octanol–water partition coefficient (Wildman–Crippen LogP) is 2.07. The predicted molar refractivity (Wildman–Crippen MR) is 64.9 cm³/mol. The van der Waals surface area contributed by atoms with Gasteiger partial charge in [-0.3, -0.25) is 4.79 Å². The highest BCUT2D eigenvalue weighted by molar-refractivity contribution is 5.71. The van der Waals surface area contributed by atoms with Gasteiger partial charge in [-0.25, -0.2) is 0 Å². The van der Waals surface area contributed by atoms with Crippen LogP contribution in [0.2, 0.25) is 0 Å². The quantitative estimate of drug-likeness (QED) is 0.841. The van der Waals surface area contributed by atoms with Gasteiger partial charge in [0, 0.05) is 6.42 Å². The number of hydrogen-bond donors (Lipinski definition) is 2. The van der Waals surface area contributed by atoms with Crippen LogP contribution in [0.25, 0.3) is 0 Å². The van der Waals surface area contributed by atoms with Crippen LogP contribution in [-0.2, 0) is 11.2 Å². The maximum Gasteiger partial charge on any atom is 0.306 e. The Bertz CT molecular complexity index is 425. The molecule has 0 aliphatic heterocycles. The van der Waals surface area contributed by atoms with E-state index >= 15 is 0 Å². The zero-order valence-corrected chi connectivity index (χ0v) is 10.2. The molecule has 92 valence electrons. The third-order valence-electron chi connectivity index (χ3n) is 3.75. The van der Waals surface area contributed by atoms with Crippen LogP contribution < -0.4 is 0 Å². The highest BCUT2D eigenvalue weighted by Crippen LogP contribution is 2.41. The molecule has 0 amide bonds. The second-order valence-electron chi connectivity index (χ2n) is 5.21. The molecule has 2 rings (SSSR count). The Morgan fingerprint density at radius 2 is 1.88 bits per heavy atom. The first-order valence-electron chi connectivity index (χ1n) is 5.91. The molecule has 0 bridgehead atoms. The zero-order valence-electron chi connectivity index (χ0n) is 10.2. The number of carboxylic acid groups (broad SMARTS) is 1. The first-order valence-corrected chi connectivity index (χ1v) is 5.91. The Hall–Kier alpha value is -1.35. The van der Waals surface area contributed by atoms with Gasteiger partial charge in [0.2, 0.25) is 0 Å². The summed E-state index contributed by atoms with van der Waals surface area (Å²) < 4.78 is 0. The van der Waals surface area contributed by atoms with E-state index in [-0.39, 0.29) is 5.92 Å². The van der Waals surface area contributed by atoms with Gasteiger partial charge in [-0.05, 0) is 43.4 Å². The number of aryl methyl sites for hydroxylation is 2. The molecule has 0 saturated heterocycles. The molecule has 1 aromatic rings. The summed E-state index contributed by atoms with van der Waals surface area (Å²) in [5.41, 5.74) is 2.66. The number of hydrogen-bond acceptors (Lipinski definition) is 2. The molecule has 0 radical (unpaired) electrons. The van der Waals surface area contributed by atoms with Crippen molar-refractivity contribution in [1.29, 1.82) is 0 Å². The van der Waals surface area contributed by atoms with Crippen LogP contribution in [0.15, 0.2) is 18.2 Å². The van der Waals surface area contributed by atoms with Crippen LogP contribution in [0, 0.1) is 19.8 Å². The van der Waals surface area contributed by atoms with Gasteiger partial charge in [0.05, 0.1) is 11.5 Å². The van der Waals surface area contributed by atoms with Gasteiger partial charge in [-0.2, -0.15) is 0 Å². The van der Waals surface area contributed by atoms with Crippen molar-refractivity contribution in [2.24, 2.45) is 5.92 Å². The smallest absolute Gasteiger partial charge is 0.306 e. The van der Waals surface area contributed by atoms with Gasteiger partial charge >= 0.3 is 5.97 Å². The lowest BCUT2D eigenvalue weighted by molar-refractivity contribution is -0.158. The highest BCUT2D eigenvalue weighted by Gasteiger charge is 2.46. The van der Waals surface area contributed by atoms with Crippen LogP contribution in [0.5, 0.6) is 0 Å². The second-order valence-corrected chi connectivity index (χ2v) is 5.21. The highest BCUT2D eigenvalue weighted by atomic mass is 16.4. The van der Waals surface area contributed by atoms with E-state index in [9.17, 15) is 9.90 Å². The monoisotopic (exact) mass is 234 g/mol. The molecule has 1 saturated carbocycles. The Labute approximate surface area is 101 Å². The minimum Gasteiger partial charge on any atom is -0.481 e. The van der Waals surface area contributed by atoms with Crippen molar-refractivity contribution in [2.45, 2.75) is 38.7 Å². The molecule has 1 aromatic carbocycles. The summed E-state index contributed by atoms with van der Waals surface area (Å²) in [6.07, 6.45) is 1.31. The Morgan fingerprint density at radius 1 is 1.35 bits per heavy atom. The van der Waals surface area contributed by atoms with Crippen molar-refractivity contribution < 1.29 is 15.0 Å². The number of carbonyl (C=O) groups is 1. The summed E-state index contributed by atoms with van der Waals surface area (Å²) >= 11 is 0. The lowest BCUT2D eigenvalue weighted by Crippen LogP contribution is -2.48. The summed E-state index contributed by atoms with van der Waals surface area (Å²) in [5.74, 6) is -1.17. The molecule has 0 spiro atoms. The Morgan fingerprint density at radius 3 is 2.35 bits per heavy atom. The van der Waals surface area contributed by atoms with E-state index in [1.807, 2.05) is 32.0 Å². The molecule has 1 fully saturated rings. The molecule has 0 heterocycles. The van der Waals surface area contributed by atoms with Gasteiger partial charge in [-0.15, -0.1) is 0 Å². The van der Waals surface area contributed by atoms with Crippen molar-refractivity contribution >= 4 is 5.97 Å². The molecule has 1 aliphatic rings. The summed E-state index contributed by atoms with van der Waals surface area (Å²) in [7, 11) is 0. The van der Waals surface area contributed by atoms with Crippen molar-refractivity contribution in [2.75, 3.05) is 0 Å². The SMILES string of the molecule is Cc1cccc(C)c1CC1(O)CC(C(=O)O)C1. The molecule has 0 atom stereocenters. The maximum absolute atomic E-state index is 10.7. The average Bonchev–Trinajstić information content (AvgIpc) is 2.19. The van der Waals surface area contributed by atoms with Crippen molar-refractivity contribution in [3.05, 3.63) is 34.9 Å². The Balaban J connectivity index is 2.10. The molecule has 0 aromatic heterocycles. The van der Waals surface area contributed by atoms with Crippen molar-refractivity contribution in [1.82, 2.24) is 0 Å². The Kier molecular flexibility index (Phi) is 2.96. The third-order valence-corrected chi connectivity index (χ3v) is 3.75. The van der Waals surface area contributed by atoms with Crippen LogP contribution in [0.4, 0.5) is 0 Å². The van der Waals surface area contributed by atoms with Gasteiger partial charge in [0.1, 0.15) is 0 Å². The molecule has 0 unspecified atom stereocenters. The van der Waals surface area contributed by atoms with Gasteiger partial charge in [0.15, 0.2) is 0 Å². The topological polar surface area (TPSA) is 57.5 Å². The van der Waals surface area contributed by atoms with Gasteiger partial charge in [0.25, 0.3) is 0 Å². The maximum atomic E-state index is 10.7. The zero-order chi connectivity index (χ0) is 12.6. The summed E-state index contributed by atoms with van der Waals surface area (Å²) in [6.45, 7) is 4.05. The summed E-state index contributed by atoms with van der Waals surface area (Å²) in [4.78, 5) is 10.7. The molecule has 2 N–H and O–H groups in total. The van der Waals surface area contributed by atoms with Crippen molar-refractivity contribution in [3.8, 4) is 0 Å². The lowest BCUT2D eigenvalue weighted by Gasteiger charge is -2.42. The fraction of sp³-hybridized carbons (Fsp3) is 0.500. The fourth-order valence-corrected chi connectivity index (χ4v) is 2.63. The van der Waals surface area contributed by atoms with E-state index < -0.39 is 11.6 Å². The molecular weight excluding hydrogens is 216 g/mol. The number of rotatable bonds is 3.